The molecule has 0 unspecified atom stereocenters. The summed E-state index contributed by atoms with van der Waals surface area (Å²) in [5.41, 5.74) is 1.40. The van der Waals surface area contributed by atoms with Crippen LogP contribution in [-0.2, 0) is 0 Å². The van der Waals surface area contributed by atoms with Crippen molar-refractivity contribution in [2.75, 3.05) is 39.4 Å². The van der Waals surface area contributed by atoms with Gasteiger partial charge in [0.2, 0.25) is 0 Å². The van der Waals surface area contributed by atoms with Gasteiger partial charge in [-0.05, 0) is 36.5 Å². The van der Waals surface area contributed by atoms with E-state index in [1.807, 2.05) is 0 Å². The van der Waals surface area contributed by atoms with E-state index in [0.717, 1.165) is 43.6 Å². The van der Waals surface area contributed by atoms with E-state index in [-0.39, 0.29) is 24.8 Å². The lowest BCUT2D eigenvalue weighted by molar-refractivity contribution is 0.152. The van der Waals surface area contributed by atoms with Crippen molar-refractivity contribution < 1.29 is 9.47 Å². The van der Waals surface area contributed by atoms with Crippen molar-refractivity contribution in [2.24, 2.45) is 5.92 Å². The molecule has 1 saturated carbocycles. The molecule has 0 amide bonds. The van der Waals surface area contributed by atoms with Crippen molar-refractivity contribution >= 4 is 24.8 Å². The number of nitrogens with zero attached hydrogens (tertiary/aromatic N) is 1. The summed E-state index contributed by atoms with van der Waals surface area (Å²) in [6.07, 6.45) is 2.73. The maximum atomic E-state index is 5.75. The Balaban J connectivity index is 0.000000882. The van der Waals surface area contributed by atoms with Gasteiger partial charge in [0, 0.05) is 32.2 Å². The first-order valence-electron chi connectivity index (χ1n) is 7.76. The van der Waals surface area contributed by atoms with Crippen LogP contribution in [0.15, 0.2) is 18.2 Å². The average Bonchev–Trinajstić information content (AvgIpc) is 3.33. The lowest BCUT2D eigenvalue weighted by Crippen LogP contribution is -2.45. The van der Waals surface area contributed by atoms with Crippen LogP contribution in [0.4, 0.5) is 0 Å². The minimum Gasteiger partial charge on any atom is -0.486 e. The molecule has 124 valence electrons. The summed E-state index contributed by atoms with van der Waals surface area (Å²) in [5, 5.41) is 3.44. The Morgan fingerprint density at radius 2 is 1.68 bits per heavy atom. The van der Waals surface area contributed by atoms with Crippen molar-refractivity contribution in [3.63, 3.8) is 0 Å². The number of hydrogen-bond acceptors (Lipinski definition) is 4. The predicted octanol–water partition coefficient (Wildman–Crippen LogP) is 2.66. The zero-order valence-electron chi connectivity index (χ0n) is 12.6. The molecule has 1 aliphatic carbocycles. The summed E-state index contributed by atoms with van der Waals surface area (Å²) in [6, 6.07) is 7.09. The van der Waals surface area contributed by atoms with Crippen LogP contribution in [0.5, 0.6) is 11.5 Å². The fourth-order valence-electron chi connectivity index (χ4n) is 3.40. The Bertz CT molecular complexity index is 491. The number of ether oxygens (including phenoxy) is 2. The van der Waals surface area contributed by atoms with Gasteiger partial charge in [-0.15, -0.1) is 24.8 Å². The van der Waals surface area contributed by atoms with Crippen LogP contribution in [0.3, 0.4) is 0 Å². The van der Waals surface area contributed by atoms with Crippen LogP contribution in [0.25, 0.3) is 0 Å². The smallest absolute Gasteiger partial charge is 0.161 e. The van der Waals surface area contributed by atoms with Gasteiger partial charge in [0.05, 0.1) is 0 Å². The summed E-state index contributed by atoms with van der Waals surface area (Å²) in [7, 11) is 0. The molecule has 0 radical (unpaired) electrons. The van der Waals surface area contributed by atoms with Gasteiger partial charge in [-0.2, -0.15) is 0 Å². The summed E-state index contributed by atoms with van der Waals surface area (Å²) in [6.45, 7) is 5.83. The zero-order valence-corrected chi connectivity index (χ0v) is 14.3. The van der Waals surface area contributed by atoms with Crippen molar-refractivity contribution in [1.29, 1.82) is 0 Å². The maximum absolute atomic E-state index is 5.75. The number of benzene rings is 1. The third-order valence-corrected chi connectivity index (χ3v) is 4.52. The monoisotopic (exact) mass is 346 g/mol. The molecule has 1 aromatic carbocycles. The number of nitrogens with one attached hydrogen (secondary N) is 1. The largest absolute Gasteiger partial charge is 0.486 e. The molecule has 2 fully saturated rings. The van der Waals surface area contributed by atoms with Gasteiger partial charge in [0.1, 0.15) is 13.2 Å². The minimum atomic E-state index is 0. The van der Waals surface area contributed by atoms with Crippen LogP contribution in [-0.4, -0.2) is 44.3 Å². The number of fused-ring (bicyclic) bond motifs is 1. The summed E-state index contributed by atoms with van der Waals surface area (Å²) in [5.74, 6) is 2.65. The first kappa shape index (κ1) is 17.7. The molecule has 6 heteroatoms. The Morgan fingerprint density at radius 1 is 1.00 bits per heavy atom. The standard InChI is InChI=1S/C16H22N2O2.2ClH/c1-2-12(1)16(18-7-5-17-6-8-18)13-3-4-14-15(11-13)20-10-9-19-14;;/h3-4,11-12,16-17H,1-2,5-10H2;2*1H/t16-;;/m0../s1. The van der Waals surface area contributed by atoms with Gasteiger partial charge in [0.25, 0.3) is 0 Å². The molecule has 2 heterocycles. The van der Waals surface area contributed by atoms with E-state index in [9.17, 15) is 0 Å². The highest BCUT2D eigenvalue weighted by Gasteiger charge is 2.37. The second kappa shape index (κ2) is 7.73. The van der Waals surface area contributed by atoms with Crippen LogP contribution >= 0.6 is 24.8 Å². The molecular formula is C16H24Cl2N2O2. The lowest BCUT2D eigenvalue weighted by Gasteiger charge is -2.36. The lowest BCUT2D eigenvalue weighted by atomic mass is 9.99. The predicted molar refractivity (Wildman–Crippen MR) is 91.8 cm³/mol. The highest BCUT2D eigenvalue weighted by atomic mass is 35.5. The fraction of sp³-hybridized carbons (Fsp3) is 0.625. The first-order valence-corrected chi connectivity index (χ1v) is 7.76. The number of hydrogen-bond donors (Lipinski definition) is 1. The molecule has 1 N–H and O–H groups in total. The molecule has 3 aliphatic rings. The molecule has 0 aromatic heterocycles. The van der Waals surface area contributed by atoms with Gasteiger partial charge in [-0.3, -0.25) is 4.90 Å². The van der Waals surface area contributed by atoms with Gasteiger partial charge >= 0.3 is 0 Å². The van der Waals surface area contributed by atoms with E-state index in [1.165, 1.54) is 18.4 Å². The van der Waals surface area contributed by atoms with E-state index >= 15 is 0 Å². The molecule has 0 spiro atoms. The van der Waals surface area contributed by atoms with Crippen LogP contribution in [0.1, 0.15) is 24.4 Å². The highest BCUT2D eigenvalue weighted by Crippen LogP contribution is 2.46. The average molecular weight is 347 g/mol. The van der Waals surface area contributed by atoms with Crippen molar-refractivity contribution in [1.82, 2.24) is 10.2 Å². The molecular weight excluding hydrogens is 323 g/mol. The number of piperazine rings is 1. The van der Waals surface area contributed by atoms with Gasteiger partial charge in [-0.25, -0.2) is 0 Å². The number of halogens is 2. The summed E-state index contributed by atoms with van der Waals surface area (Å²) < 4.78 is 11.4. The van der Waals surface area contributed by atoms with Crippen molar-refractivity contribution in [3.05, 3.63) is 23.8 Å². The second-order valence-corrected chi connectivity index (χ2v) is 5.97. The highest BCUT2D eigenvalue weighted by molar-refractivity contribution is 5.85. The molecule has 22 heavy (non-hydrogen) atoms. The molecule has 0 bridgehead atoms. The summed E-state index contributed by atoms with van der Waals surface area (Å²) >= 11 is 0. The molecule has 1 aromatic rings. The van der Waals surface area contributed by atoms with Gasteiger partial charge < -0.3 is 14.8 Å². The first-order chi connectivity index (χ1) is 9.92. The van der Waals surface area contributed by atoms with Crippen LogP contribution < -0.4 is 14.8 Å². The van der Waals surface area contributed by atoms with E-state index in [0.29, 0.717) is 19.3 Å². The maximum Gasteiger partial charge on any atom is 0.161 e. The summed E-state index contributed by atoms with van der Waals surface area (Å²) in [4.78, 5) is 2.64. The molecule has 1 saturated heterocycles. The normalized spacial score (nSPS) is 22.2. The van der Waals surface area contributed by atoms with Gasteiger partial charge in [-0.1, -0.05) is 6.07 Å². The Morgan fingerprint density at radius 3 is 2.36 bits per heavy atom. The third kappa shape index (κ3) is 3.62. The van der Waals surface area contributed by atoms with E-state index in [2.05, 4.69) is 28.4 Å². The Hall–Kier alpha value is -0.680. The molecule has 4 rings (SSSR count). The molecule has 4 nitrogen and oxygen atoms in total. The van der Waals surface area contributed by atoms with E-state index in [1.54, 1.807) is 0 Å². The quantitative estimate of drug-likeness (QED) is 0.912. The topological polar surface area (TPSA) is 33.7 Å². The third-order valence-electron chi connectivity index (χ3n) is 4.52. The molecule has 1 atom stereocenters. The second-order valence-electron chi connectivity index (χ2n) is 5.97. The van der Waals surface area contributed by atoms with Crippen LogP contribution in [0.2, 0.25) is 0 Å². The Labute approximate surface area is 144 Å². The van der Waals surface area contributed by atoms with E-state index < -0.39 is 0 Å². The molecule has 2 aliphatic heterocycles. The van der Waals surface area contributed by atoms with Gasteiger partial charge in [0.15, 0.2) is 11.5 Å². The Kier molecular flexibility index (Phi) is 6.21. The zero-order chi connectivity index (χ0) is 13.4. The van der Waals surface area contributed by atoms with Crippen LogP contribution in [0, 0.1) is 5.92 Å². The van der Waals surface area contributed by atoms with Crippen molar-refractivity contribution in [3.8, 4) is 11.5 Å². The number of rotatable bonds is 3. The SMILES string of the molecule is Cl.Cl.c1cc2c(cc1[C@H](C1CC1)N1CCNCC1)OCCO2. The minimum absolute atomic E-state index is 0. The fourth-order valence-corrected chi connectivity index (χ4v) is 3.40. The van der Waals surface area contributed by atoms with Crippen molar-refractivity contribution in [2.45, 2.75) is 18.9 Å². The van der Waals surface area contributed by atoms with E-state index in [4.69, 9.17) is 9.47 Å².